The molecule has 2 rings (SSSR count). The van der Waals surface area contributed by atoms with Crippen LogP contribution in [-0.2, 0) is 0 Å². The predicted octanol–water partition coefficient (Wildman–Crippen LogP) is 8.54. The molecule has 0 aliphatic heterocycles. The Balaban J connectivity index is 2.45. The van der Waals surface area contributed by atoms with E-state index in [4.69, 9.17) is 18.9 Å². The van der Waals surface area contributed by atoms with Crippen LogP contribution in [0.4, 0.5) is 0 Å². The second kappa shape index (κ2) is 14.5. The van der Waals surface area contributed by atoms with E-state index in [1.807, 2.05) is 36.4 Å². The van der Waals surface area contributed by atoms with Gasteiger partial charge in [-0.15, -0.1) is 0 Å². The molecule has 0 radical (unpaired) electrons. The van der Waals surface area contributed by atoms with E-state index in [1.165, 1.54) is 0 Å². The Bertz CT molecular complexity index is 809. The number of halogens is 2. The van der Waals surface area contributed by atoms with Crippen molar-refractivity contribution in [3.8, 4) is 23.0 Å². The molecule has 0 bridgehead atoms. The minimum Gasteiger partial charge on any atom is -0.493 e. The highest BCUT2D eigenvalue weighted by atomic mass is 79.9. The van der Waals surface area contributed by atoms with E-state index in [0.29, 0.717) is 26.4 Å². The number of hydrogen-bond acceptors (Lipinski definition) is 4. The molecule has 6 heteroatoms. The fraction of sp³-hybridized carbons (Fsp3) is 0.462. The summed E-state index contributed by atoms with van der Waals surface area (Å²) < 4.78 is 25.6. The molecule has 0 amide bonds. The van der Waals surface area contributed by atoms with Crippen molar-refractivity contribution in [2.45, 2.75) is 53.4 Å². The van der Waals surface area contributed by atoms with Crippen molar-refractivity contribution in [2.75, 3.05) is 26.4 Å². The van der Waals surface area contributed by atoms with E-state index >= 15 is 0 Å². The highest BCUT2D eigenvalue weighted by molar-refractivity contribution is 9.10. The lowest BCUT2D eigenvalue weighted by Crippen LogP contribution is -2.01. The first-order chi connectivity index (χ1) is 15.5. The summed E-state index contributed by atoms with van der Waals surface area (Å²) in [6, 6.07) is 7.99. The van der Waals surface area contributed by atoms with E-state index in [-0.39, 0.29) is 0 Å². The van der Waals surface area contributed by atoms with Crippen molar-refractivity contribution in [3.05, 3.63) is 44.3 Å². The van der Waals surface area contributed by atoms with E-state index in [1.54, 1.807) is 0 Å². The van der Waals surface area contributed by atoms with Gasteiger partial charge < -0.3 is 18.9 Å². The summed E-state index contributed by atoms with van der Waals surface area (Å²) >= 11 is 7.22. The topological polar surface area (TPSA) is 36.9 Å². The van der Waals surface area contributed by atoms with Gasteiger partial charge in [0.25, 0.3) is 0 Å². The lowest BCUT2D eigenvalue weighted by Gasteiger charge is -2.15. The molecule has 176 valence electrons. The third kappa shape index (κ3) is 8.04. The summed E-state index contributed by atoms with van der Waals surface area (Å²) in [5, 5.41) is 0. The molecular weight excluding hydrogens is 536 g/mol. The molecule has 0 N–H and O–H groups in total. The molecule has 0 saturated carbocycles. The van der Waals surface area contributed by atoms with Crippen molar-refractivity contribution >= 4 is 44.0 Å². The van der Waals surface area contributed by atoms with Crippen LogP contribution in [0.3, 0.4) is 0 Å². The van der Waals surface area contributed by atoms with Gasteiger partial charge in [-0.05, 0) is 81.8 Å². The maximum atomic E-state index is 6.01. The SMILES string of the molecule is CCCOc1cc(/C=C/c2cc(OCCC)c(Br)cc2OCCC)c(OCCC)cc1Br. The Labute approximate surface area is 209 Å². The Kier molecular flexibility index (Phi) is 12.0. The number of hydrogen-bond donors (Lipinski definition) is 0. The average molecular weight is 570 g/mol. The van der Waals surface area contributed by atoms with Crippen LogP contribution in [0.1, 0.15) is 64.5 Å². The van der Waals surface area contributed by atoms with Gasteiger partial charge in [0.1, 0.15) is 23.0 Å². The van der Waals surface area contributed by atoms with Crippen LogP contribution in [0, 0.1) is 0 Å². The smallest absolute Gasteiger partial charge is 0.134 e. The summed E-state index contributed by atoms with van der Waals surface area (Å²) in [6.07, 6.45) is 7.86. The van der Waals surface area contributed by atoms with Gasteiger partial charge in [-0.25, -0.2) is 0 Å². The molecule has 32 heavy (non-hydrogen) atoms. The molecule has 0 fully saturated rings. The first-order valence-electron chi connectivity index (χ1n) is 11.4. The molecule has 0 aromatic heterocycles. The molecule has 0 aliphatic carbocycles. The van der Waals surface area contributed by atoms with Gasteiger partial charge in [-0.3, -0.25) is 0 Å². The van der Waals surface area contributed by atoms with E-state index < -0.39 is 0 Å². The van der Waals surface area contributed by atoms with Crippen molar-refractivity contribution in [3.63, 3.8) is 0 Å². The monoisotopic (exact) mass is 568 g/mol. The van der Waals surface area contributed by atoms with Gasteiger partial charge in [0.2, 0.25) is 0 Å². The fourth-order valence-corrected chi connectivity index (χ4v) is 3.73. The van der Waals surface area contributed by atoms with Gasteiger partial charge in [0, 0.05) is 11.1 Å². The summed E-state index contributed by atoms with van der Waals surface area (Å²) in [4.78, 5) is 0. The fourth-order valence-electron chi connectivity index (χ4n) is 2.86. The number of ether oxygens (including phenoxy) is 4. The standard InChI is InChI=1S/C26H34Br2O4/c1-5-11-29-23-17-21(27)25(31-13-7-3)15-19(23)9-10-20-16-26(32-14-8-4)22(28)18-24(20)30-12-6-2/h9-10,15-18H,5-8,11-14H2,1-4H3/b10-9+. The van der Waals surface area contributed by atoms with Crippen molar-refractivity contribution < 1.29 is 18.9 Å². The van der Waals surface area contributed by atoms with Crippen LogP contribution in [0.25, 0.3) is 12.2 Å². The summed E-state index contributed by atoms with van der Waals surface area (Å²) in [6.45, 7) is 11.0. The molecule has 2 aromatic carbocycles. The zero-order valence-corrected chi connectivity index (χ0v) is 22.7. The molecule has 0 heterocycles. The average Bonchev–Trinajstić information content (AvgIpc) is 2.79. The lowest BCUT2D eigenvalue weighted by atomic mass is 10.1. The molecule has 0 atom stereocenters. The van der Waals surface area contributed by atoms with E-state index in [2.05, 4.69) is 59.6 Å². The Morgan fingerprint density at radius 1 is 0.531 bits per heavy atom. The van der Waals surface area contributed by atoms with Gasteiger partial charge in [0.15, 0.2) is 0 Å². The summed E-state index contributed by atoms with van der Waals surface area (Å²) in [5.41, 5.74) is 1.90. The highest BCUT2D eigenvalue weighted by Gasteiger charge is 2.12. The van der Waals surface area contributed by atoms with Gasteiger partial charge in [0.05, 0.1) is 35.4 Å². The number of benzene rings is 2. The second-order valence-corrected chi connectivity index (χ2v) is 9.08. The first kappa shape index (κ1) is 26.6. The molecule has 4 nitrogen and oxygen atoms in total. The van der Waals surface area contributed by atoms with Crippen LogP contribution in [0.2, 0.25) is 0 Å². The Hall–Kier alpha value is -1.66. The molecule has 0 saturated heterocycles. The summed E-state index contributed by atoms with van der Waals surface area (Å²) in [7, 11) is 0. The predicted molar refractivity (Wildman–Crippen MR) is 140 cm³/mol. The van der Waals surface area contributed by atoms with Crippen LogP contribution in [0.15, 0.2) is 33.2 Å². The third-order valence-corrected chi connectivity index (χ3v) is 5.66. The van der Waals surface area contributed by atoms with Gasteiger partial charge in [-0.2, -0.15) is 0 Å². The maximum absolute atomic E-state index is 6.01. The zero-order chi connectivity index (χ0) is 23.3. The molecule has 0 unspecified atom stereocenters. The van der Waals surface area contributed by atoms with Crippen LogP contribution in [0.5, 0.6) is 23.0 Å². The minimum absolute atomic E-state index is 0.653. The van der Waals surface area contributed by atoms with Crippen LogP contribution >= 0.6 is 31.9 Å². The lowest BCUT2D eigenvalue weighted by molar-refractivity contribution is 0.306. The largest absolute Gasteiger partial charge is 0.493 e. The molecule has 2 aromatic rings. The van der Waals surface area contributed by atoms with Crippen molar-refractivity contribution in [2.24, 2.45) is 0 Å². The van der Waals surface area contributed by atoms with Gasteiger partial charge >= 0.3 is 0 Å². The summed E-state index contributed by atoms with van der Waals surface area (Å²) in [5.74, 6) is 3.24. The van der Waals surface area contributed by atoms with Gasteiger partial charge in [-0.1, -0.05) is 39.8 Å². The van der Waals surface area contributed by atoms with Crippen molar-refractivity contribution in [1.82, 2.24) is 0 Å². The molecule has 0 aliphatic rings. The van der Waals surface area contributed by atoms with E-state index in [0.717, 1.165) is 68.8 Å². The third-order valence-electron chi connectivity index (χ3n) is 4.42. The van der Waals surface area contributed by atoms with E-state index in [9.17, 15) is 0 Å². The number of rotatable bonds is 14. The second-order valence-electron chi connectivity index (χ2n) is 7.37. The maximum Gasteiger partial charge on any atom is 0.134 e. The highest BCUT2D eigenvalue weighted by Crippen LogP contribution is 2.37. The quantitative estimate of drug-likeness (QED) is 0.214. The molecule has 0 spiro atoms. The van der Waals surface area contributed by atoms with Crippen LogP contribution < -0.4 is 18.9 Å². The Morgan fingerprint density at radius 3 is 1.16 bits per heavy atom. The normalized spacial score (nSPS) is 11.1. The first-order valence-corrected chi connectivity index (χ1v) is 13.0. The van der Waals surface area contributed by atoms with Crippen LogP contribution in [-0.4, -0.2) is 26.4 Å². The molecular formula is C26H34Br2O4. The van der Waals surface area contributed by atoms with Crippen molar-refractivity contribution in [1.29, 1.82) is 0 Å². The zero-order valence-electron chi connectivity index (χ0n) is 19.5. The minimum atomic E-state index is 0.653. The Morgan fingerprint density at radius 2 is 0.844 bits per heavy atom.